The molecule has 1 aromatic carbocycles. The number of nitrogens with one attached hydrogen (secondary N) is 1. The Kier molecular flexibility index (Phi) is 4.19. The number of carbonyl (C=O) groups is 1. The average molecular weight is 279 g/mol. The molecule has 1 fully saturated rings. The number of anilines is 1. The number of urea groups is 1. The molecule has 1 aliphatic rings. The Bertz CT molecular complexity index is 532. The van der Waals surface area contributed by atoms with Crippen molar-refractivity contribution in [2.75, 3.05) is 25.0 Å². The number of aryl methyl sites for hydroxylation is 1. The third-order valence-corrected chi connectivity index (χ3v) is 3.20. The van der Waals surface area contributed by atoms with Gasteiger partial charge in [0.25, 0.3) is 5.69 Å². The number of benzene rings is 1. The first-order chi connectivity index (χ1) is 9.47. The van der Waals surface area contributed by atoms with Gasteiger partial charge in [-0.1, -0.05) is 6.07 Å². The molecule has 7 nitrogen and oxygen atoms in total. The molecule has 0 radical (unpaired) electrons. The second-order valence-corrected chi connectivity index (χ2v) is 4.81. The molecule has 7 heteroatoms. The number of nitro groups is 1. The minimum atomic E-state index is -0.480. The molecule has 2 rings (SSSR count). The molecule has 1 N–H and O–H groups in total. The van der Waals surface area contributed by atoms with Crippen molar-refractivity contribution < 1.29 is 14.5 Å². The van der Waals surface area contributed by atoms with Gasteiger partial charge in [-0.05, 0) is 19.4 Å². The lowest BCUT2D eigenvalue weighted by molar-refractivity contribution is -0.384. The molecular formula is C13H17N3O4. The highest BCUT2D eigenvalue weighted by Crippen LogP contribution is 2.22. The Balaban J connectivity index is 2.10. The van der Waals surface area contributed by atoms with Gasteiger partial charge in [-0.2, -0.15) is 0 Å². The number of hydrogen-bond donors (Lipinski definition) is 1. The van der Waals surface area contributed by atoms with Crippen LogP contribution in [0.15, 0.2) is 18.2 Å². The summed E-state index contributed by atoms with van der Waals surface area (Å²) < 4.78 is 5.37. The summed E-state index contributed by atoms with van der Waals surface area (Å²) in [5.41, 5.74) is 1.20. The molecule has 0 aliphatic carbocycles. The van der Waals surface area contributed by atoms with Crippen molar-refractivity contribution >= 4 is 17.4 Å². The van der Waals surface area contributed by atoms with Gasteiger partial charge >= 0.3 is 6.03 Å². The number of rotatable bonds is 2. The summed E-state index contributed by atoms with van der Waals surface area (Å²) in [6.07, 6.45) is 0.000654. The topological polar surface area (TPSA) is 84.7 Å². The Morgan fingerprint density at radius 1 is 1.55 bits per heavy atom. The maximum atomic E-state index is 12.1. The van der Waals surface area contributed by atoms with E-state index in [-0.39, 0.29) is 17.8 Å². The molecule has 2 amide bonds. The maximum absolute atomic E-state index is 12.1. The molecule has 0 aromatic heterocycles. The molecule has 1 heterocycles. The van der Waals surface area contributed by atoms with Crippen molar-refractivity contribution in [3.05, 3.63) is 33.9 Å². The third-order valence-electron chi connectivity index (χ3n) is 3.20. The number of carbonyl (C=O) groups excluding carboxylic acids is 1. The van der Waals surface area contributed by atoms with E-state index in [1.165, 1.54) is 12.1 Å². The van der Waals surface area contributed by atoms with Gasteiger partial charge in [0.15, 0.2) is 0 Å². The second-order valence-electron chi connectivity index (χ2n) is 4.81. The largest absolute Gasteiger partial charge is 0.375 e. The smallest absolute Gasteiger partial charge is 0.322 e. The van der Waals surface area contributed by atoms with Crippen LogP contribution in [0.5, 0.6) is 0 Å². The third kappa shape index (κ3) is 3.24. The number of morpholine rings is 1. The lowest BCUT2D eigenvalue weighted by Crippen LogP contribution is -2.46. The van der Waals surface area contributed by atoms with E-state index in [4.69, 9.17) is 4.74 Å². The average Bonchev–Trinajstić information content (AvgIpc) is 2.41. The zero-order valence-corrected chi connectivity index (χ0v) is 11.5. The van der Waals surface area contributed by atoms with Crippen LogP contribution in [0.3, 0.4) is 0 Å². The summed E-state index contributed by atoms with van der Waals surface area (Å²) in [4.78, 5) is 24.1. The van der Waals surface area contributed by atoms with Crippen LogP contribution in [-0.4, -0.2) is 41.7 Å². The highest BCUT2D eigenvalue weighted by atomic mass is 16.6. The summed E-state index contributed by atoms with van der Waals surface area (Å²) in [6.45, 7) is 5.23. The zero-order valence-electron chi connectivity index (χ0n) is 11.5. The number of ether oxygens (including phenoxy) is 1. The Morgan fingerprint density at radius 2 is 2.30 bits per heavy atom. The predicted molar refractivity (Wildman–Crippen MR) is 73.8 cm³/mol. The normalized spacial score (nSPS) is 18.7. The first-order valence-electron chi connectivity index (χ1n) is 6.40. The van der Waals surface area contributed by atoms with E-state index < -0.39 is 4.92 Å². The number of non-ortho nitro benzene ring substituents is 1. The molecule has 1 atom stereocenters. The molecule has 108 valence electrons. The van der Waals surface area contributed by atoms with Crippen LogP contribution in [0.25, 0.3) is 0 Å². The summed E-state index contributed by atoms with van der Waals surface area (Å²) >= 11 is 0. The summed E-state index contributed by atoms with van der Waals surface area (Å²) in [7, 11) is 0. The fourth-order valence-electron chi connectivity index (χ4n) is 2.06. The van der Waals surface area contributed by atoms with Crippen molar-refractivity contribution in [2.45, 2.75) is 20.0 Å². The van der Waals surface area contributed by atoms with Gasteiger partial charge in [-0.25, -0.2) is 4.79 Å². The predicted octanol–water partition coefficient (Wildman–Crippen LogP) is 2.16. The first kappa shape index (κ1) is 14.3. The van der Waals surface area contributed by atoms with E-state index >= 15 is 0 Å². The lowest BCUT2D eigenvalue weighted by atomic mass is 10.2. The highest BCUT2D eigenvalue weighted by Gasteiger charge is 2.22. The van der Waals surface area contributed by atoms with Crippen molar-refractivity contribution in [3.63, 3.8) is 0 Å². The Labute approximate surface area is 116 Å². The molecule has 0 spiro atoms. The monoisotopic (exact) mass is 279 g/mol. The maximum Gasteiger partial charge on any atom is 0.322 e. The lowest BCUT2D eigenvalue weighted by Gasteiger charge is -2.31. The van der Waals surface area contributed by atoms with Gasteiger partial charge < -0.3 is 15.0 Å². The minimum absolute atomic E-state index is 0.000654. The molecule has 1 saturated heterocycles. The van der Waals surface area contributed by atoms with Crippen LogP contribution in [-0.2, 0) is 4.74 Å². The summed E-state index contributed by atoms with van der Waals surface area (Å²) in [6, 6.07) is 4.15. The molecule has 1 unspecified atom stereocenters. The van der Waals surface area contributed by atoms with Gasteiger partial charge in [0.05, 0.1) is 23.3 Å². The number of amides is 2. The van der Waals surface area contributed by atoms with Gasteiger partial charge in [0.1, 0.15) is 0 Å². The van der Waals surface area contributed by atoms with Gasteiger partial charge in [-0.3, -0.25) is 10.1 Å². The summed E-state index contributed by atoms with van der Waals surface area (Å²) in [5, 5.41) is 13.5. The van der Waals surface area contributed by atoms with E-state index in [0.717, 1.165) is 5.56 Å². The van der Waals surface area contributed by atoms with Crippen molar-refractivity contribution in [3.8, 4) is 0 Å². The number of nitrogens with zero attached hydrogens (tertiary/aromatic N) is 2. The van der Waals surface area contributed by atoms with Crippen LogP contribution in [0.4, 0.5) is 16.2 Å². The van der Waals surface area contributed by atoms with E-state index in [0.29, 0.717) is 25.4 Å². The number of nitro benzene ring substituents is 1. The van der Waals surface area contributed by atoms with Gasteiger partial charge in [0.2, 0.25) is 0 Å². The summed E-state index contributed by atoms with van der Waals surface area (Å²) in [5.74, 6) is 0. The van der Waals surface area contributed by atoms with Crippen LogP contribution in [0.1, 0.15) is 12.5 Å². The van der Waals surface area contributed by atoms with Crippen LogP contribution in [0, 0.1) is 17.0 Å². The fraction of sp³-hybridized carbons (Fsp3) is 0.462. The SMILES string of the molecule is Cc1ccc([N+](=O)[O-])cc1NC(=O)N1CCOC(C)C1. The van der Waals surface area contributed by atoms with E-state index in [1.807, 2.05) is 6.92 Å². The van der Waals surface area contributed by atoms with Gasteiger partial charge in [0, 0.05) is 25.2 Å². The van der Waals surface area contributed by atoms with Gasteiger partial charge in [-0.15, -0.1) is 0 Å². The second kappa shape index (κ2) is 5.87. The molecule has 0 bridgehead atoms. The fourth-order valence-corrected chi connectivity index (χ4v) is 2.06. The quantitative estimate of drug-likeness (QED) is 0.664. The molecule has 1 aliphatic heterocycles. The number of hydrogen-bond acceptors (Lipinski definition) is 4. The van der Waals surface area contributed by atoms with E-state index in [2.05, 4.69) is 5.32 Å². The first-order valence-corrected chi connectivity index (χ1v) is 6.40. The standard InChI is InChI=1S/C13H17N3O4/c1-9-3-4-11(16(18)19)7-12(9)14-13(17)15-5-6-20-10(2)8-15/h3-4,7,10H,5-6,8H2,1-2H3,(H,14,17). The van der Waals surface area contributed by atoms with Crippen LogP contribution >= 0.6 is 0 Å². The molecule has 20 heavy (non-hydrogen) atoms. The van der Waals surface area contributed by atoms with Crippen LogP contribution < -0.4 is 5.32 Å². The zero-order chi connectivity index (χ0) is 14.7. The molecule has 0 saturated carbocycles. The highest BCUT2D eigenvalue weighted by molar-refractivity contribution is 5.90. The van der Waals surface area contributed by atoms with Crippen LogP contribution in [0.2, 0.25) is 0 Å². The molecular weight excluding hydrogens is 262 g/mol. The minimum Gasteiger partial charge on any atom is -0.375 e. The van der Waals surface area contributed by atoms with Crippen molar-refractivity contribution in [1.29, 1.82) is 0 Å². The van der Waals surface area contributed by atoms with Crippen molar-refractivity contribution in [1.82, 2.24) is 4.90 Å². The Hall–Kier alpha value is -2.15. The van der Waals surface area contributed by atoms with E-state index in [9.17, 15) is 14.9 Å². The molecule has 1 aromatic rings. The van der Waals surface area contributed by atoms with E-state index in [1.54, 1.807) is 17.9 Å². The Morgan fingerprint density at radius 3 is 2.95 bits per heavy atom. The van der Waals surface area contributed by atoms with Crippen molar-refractivity contribution in [2.24, 2.45) is 0 Å².